The molecule has 0 atom stereocenters. The zero-order valence-corrected chi connectivity index (χ0v) is 11.1. The van der Waals surface area contributed by atoms with E-state index in [-0.39, 0.29) is 23.2 Å². The third-order valence-corrected chi connectivity index (χ3v) is 3.05. The number of hydrogen-bond donors (Lipinski definition) is 1. The number of ketones is 1. The maximum Gasteiger partial charge on any atom is 0.165 e. The first-order chi connectivity index (χ1) is 7.76. The summed E-state index contributed by atoms with van der Waals surface area (Å²) >= 11 is 5.95. The van der Waals surface area contributed by atoms with Gasteiger partial charge in [-0.3, -0.25) is 4.79 Å². The number of carbonyl (C=O) groups is 1. The molecular weight excluding hydrogens is 241 g/mol. The van der Waals surface area contributed by atoms with E-state index in [2.05, 4.69) is 0 Å². The van der Waals surface area contributed by atoms with Crippen molar-refractivity contribution in [3.05, 3.63) is 34.1 Å². The zero-order chi connectivity index (χ0) is 13.2. The molecule has 1 rings (SSSR count). The van der Waals surface area contributed by atoms with E-state index >= 15 is 0 Å². The normalized spacial score (nSPS) is 11.6. The molecule has 0 fully saturated rings. The van der Waals surface area contributed by atoms with Crippen molar-refractivity contribution in [3.63, 3.8) is 0 Å². The fourth-order valence-electron chi connectivity index (χ4n) is 1.46. The van der Waals surface area contributed by atoms with E-state index in [0.717, 1.165) is 0 Å². The predicted molar refractivity (Wildman–Crippen MR) is 67.9 cm³/mol. The molecular formula is C13H17ClFNO. The minimum absolute atomic E-state index is 0.177. The van der Waals surface area contributed by atoms with Gasteiger partial charge in [0.25, 0.3) is 0 Å². The van der Waals surface area contributed by atoms with Gasteiger partial charge >= 0.3 is 0 Å². The van der Waals surface area contributed by atoms with Crippen molar-refractivity contribution < 1.29 is 9.18 Å². The van der Waals surface area contributed by atoms with E-state index in [1.807, 2.05) is 13.8 Å². The molecule has 0 radical (unpaired) electrons. The lowest BCUT2D eigenvalue weighted by Gasteiger charge is -2.21. The molecule has 0 heterocycles. The molecule has 4 heteroatoms. The Balaban J connectivity index is 3.01. The van der Waals surface area contributed by atoms with Crippen molar-refractivity contribution >= 4 is 17.4 Å². The van der Waals surface area contributed by atoms with Gasteiger partial charge in [-0.05, 0) is 36.6 Å². The fraction of sp³-hybridized carbons (Fsp3) is 0.462. The third kappa shape index (κ3) is 3.51. The highest BCUT2D eigenvalue weighted by atomic mass is 35.5. The number of hydrogen-bond acceptors (Lipinski definition) is 2. The minimum atomic E-state index is -0.414. The third-order valence-electron chi connectivity index (χ3n) is 2.74. The van der Waals surface area contributed by atoms with Gasteiger partial charge in [-0.2, -0.15) is 0 Å². The Morgan fingerprint density at radius 2 is 2.06 bits per heavy atom. The fourth-order valence-corrected chi connectivity index (χ4v) is 1.79. The monoisotopic (exact) mass is 257 g/mol. The van der Waals surface area contributed by atoms with Gasteiger partial charge in [-0.25, -0.2) is 4.39 Å². The highest BCUT2D eigenvalue weighted by Crippen LogP contribution is 2.26. The second-order valence-electron chi connectivity index (χ2n) is 5.05. The lowest BCUT2D eigenvalue weighted by molar-refractivity contribution is 0.0934. The summed E-state index contributed by atoms with van der Waals surface area (Å²) in [7, 11) is 0. The summed E-state index contributed by atoms with van der Waals surface area (Å²) in [6.45, 7) is 5.79. The molecule has 0 unspecified atom stereocenters. The van der Waals surface area contributed by atoms with Gasteiger partial charge in [0.2, 0.25) is 0 Å². The van der Waals surface area contributed by atoms with E-state index in [9.17, 15) is 9.18 Å². The smallest absolute Gasteiger partial charge is 0.165 e. The maximum atomic E-state index is 13.4. The summed E-state index contributed by atoms with van der Waals surface area (Å²) < 4.78 is 13.4. The number of rotatable bonds is 4. The molecule has 0 saturated heterocycles. The quantitative estimate of drug-likeness (QED) is 0.841. The second-order valence-corrected chi connectivity index (χ2v) is 5.46. The highest BCUT2D eigenvalue weighted by molar-refractivity contribution is 6.34. The van der Waals surface area contributed by atoms with Crippen LogP contribution in [0.25, 0.3) is 0 Å². The Morgan fingerprint density at radius 1 is 1.47 bits per heavy atom. The number of aryl methyl sites for hydroxylation is 1. The second kappa shape index (κ2) is 5.15. The molecule has 2 nitrogen and oxygen atoms in total. The Kier molecular flexibility index (Phi) is 4.28. The molecule has 94 valence electrons. The number of benzene rings is 1. The lowest BCUT2D eigenvalue weighted by Crippen LogP contribution is -2.26. The first-order valence-electron chi connectivity index (χ1n) is 5.46. The van der Waals surface area contributed by atoms with E-state index in [4.69, 9.17) is 17.3 Å². The van der Waals surface area contributed by atoms with Crippen LogP contribution in [0.1, 0.15) is 36.2 Å². The van der Waals surface area contributed by atoms with Gasteiger partial charge in [-0.1, -0.05) is 25.4 Å². The summed E-state index contributed by atoms with van der Waals surface area (Å²) in [6.07, 6.45) is 0.256. The molecule has 1 aromatic rings. The van der Waals surface area contributed by atoms with Crippen LogP contribution in [0, 0.1) is 18.2 Å². The van der Waals surface area contributed by atoms with Crippen LogP contribution in [0.3, 0.4) is 0 Å². The van der Waals surface area contributed by atoms with Gasteiger partial charge in [0.1, 0.15) is 5.82 Å². The summed E-state index contributed by atoms with van der Waals surface area (Å²) in [5.74, 6) is -0.590. The highest BCUT2D eigenvalue weighted by Gasteiger charge is 2.23. The molecule has 0 spiro atoms. The number of nitrogens with two attached hydrogens (primary N) is 1. The zero-order valence-electron chi connectivity index (χ0n) is 10.3. The SMILES string of the molecule is Cc1cc(Cl)c(C(=O)CC(C)(C)CN)cc1F. The Labute approximate surface area is 106 Å². The van der Waals surface area contributed by atoms with Crippen LogP contribution in [0.4, 0.5) is 4.39 Å². The van der Waals surface area contributed by atoms with E-state index in [1.54, 1.807) is 6.92 Å². The van der Waals surface area contributed by atoms with Crippen molar-refractivity contribution in [2.24, 2.45) is 11.1 Å². The van der Waals surface area contributed by atoms with Crippen LogP contribution in [-0.2, 0) is 0 Å². The van der Waals surface area contributed by atoms with Crippen molar-refractivity contribution in [2.75, 3.05) is 6.54 Å². The summed E-state index contributed by atoms with van der Waals surface area (Å²) in [4.78, 5) is 12.0. The topological polar surface area (TPSA) is 43.1 Å². The lowest BCUT2D eigenvalue weighted by atomic mass is 9.85. The summed E-state index contributed by atoms with van der Waals surface area (Å²) in [5, 5.41) is 0.293. The Bertz CT molecular complexity index is 443. The number of halogens is 2. The molecule has 0 bridgehead atoms. The summed E-state index contributed by atoms with van der Waals surface area (Å²) in [6, 6.07) is 2.67. The summed E-state index contributed by atoms with van der Waals surface area (Å²) in [5.41, 5.74) is 5.93. The molecule has 0 aliphatic heterocycles. The Morgan fingerprint density at radius 3 is 2.59 bits per heavy atom. The van der Waals surface area contributed by atoms with Crippen molar-refractivity contribution in [3.8, 4) is 0 Å². The van der Waals surface area contributed by atoms with Crippen LogP contribution in [-0.4, -0.2) is 12.3 Å². The molecule has 17 heavy (non-hydrogen) atoms. The van der Waals surface area contributed by atoms with E-state index in [0.29, 0.717) is 17.1 Å². The Hall–Kier alpha value is -0.930. The van der Waals surface area contributed by atoms with Crippen LogP contribution in [0.5, 0.6) is 0 Å². The van der Waals surface area contributed by atoms with Crippen LogP contribution >= 0.6 is 11.6 Å². The largest absolute Gasteiger partial charge is 0.330 e. The van der Waals surface area contributed by atoms with Crippen molar-refractivity contribution in [1.29, 1.82) is 0 Å². The number of carbonyl (C=O) groups excluding carboxylic acids is 1. The first-order valence-corrected chi connectivity index (χ1v) is 5.83. The molecule has 0 aliphatic rings. The average molecular weight is 258 g/mol. The maximum absolute atomic E-state index is 13.4. The molecule has 1 aromatic carbocycles. The first kappa shape index (κ1) is 14.1. The van der Waals surface area contributed by atoms with Gasteiger partial charge in [0.05, 0.1) is 5.02 Å². The molecule has 0 aliphatic carbocycles. The van der Waals surface area contributed by atoms with Crippen molar-refractivity contribution in [2.45, 2.75) is 27.2 Å². The van der Waals surface area contributed by atoms with Gasteiger partial charge in [0.15, 0.2) is 5.78 Å². The molecule has 0 saturated carbocycles. The van der Waals surface area contributed by atoms with Crippen LogP contribution in [0.2, 0.25) is 5.02 Å². The van der Waals surface area contributed by atoms with Crippen LogP contribution < -0.4 is 5.73 Å². The van der Waals surface area contributed by atoms with Gasteiger partial charge < -0.3 is 5.73 Å². The standard InChI is InChI=1S/C13H17ClFNO/c1-8-4-10(14)9(5-11(8)15)12(17)6-13(2,3)7-16/h4-5H,6-7,16H2,1-3H3. The predicted octanol–water partition coefficient (Wildman–Crippen LogP) is 3.35. The molecule has 2 N–H and O–H groups in total. The van der Waals surface area contributed by atoms with Gasteiger partial charge in [-0.15, -0.1) is 0 Å². The van der Waals surface area contributed by atoms with Gasteiger partial charge in [0, 0.05) is 12.0 Å². The molecule has 0 amide bonds. The average Bonchev–Trinajstić information content (AvgIpc) is 2.22. The number of Topliss-reactive ketones (excluding diaryl/α,β-unsaturated/α-hetero) is 1. The van der Waals surface area contributed by atoms with E-state index in [1.165, 1.54) is 12.1 Å². The van der Waals surface area contributed by atoms with E-state index < -0.39 is 5.82 Å². The van der Waals surface area contributed by atoms with Crippen LogP contribution in [0.15, 0.2) is 12.1 Å². The molecule has 0 aromatic heterocycles. The van der Waals surface area contributed by atoms with Crippen molar-refractivity contribution in [1.82, 2.24) is 0 Å². The minimum Gasteiger partial charge on any atom is -0.330 e.